The van der Waals surface area contributed by atoms with E-state index < -0.39 is 34.3 Å². The summed E-state index contributed by atoms with van der Waals surface area (Å²) >= 11 is 0. The van der Waals surface area contributed by atoms with Gasteiger partial charge in [-0.1, -0.05) is 68.9 Å². The lowest BCUT2D eigenvalue weighted by atomic mass is 10.0. The van der Waals surface area contributed by atoms with Crippen molar-refractivity contribution < 1.29 is 16.8 Å². The summed E-state index contributed by atoms with van der Waals surface area (Å²) in [4.78, 5) is 0. The van der Waals surface area contributed by atoms with E-state index in [9.17, 15) is 16.8 Å². The molecular weight excluding hydrogens is 368 g/mol. The Labute approximate surface area is 158 Å². The fourth-order valence-corrected chi connectivity index (χ4v) is 10.8. The molecule has 0 heterocycles. The van der Waals surface area contributed by atoms with Crippen LogP contribution in [0.5, 0.6) is 0 Å². The van der Waals surface area contributed by atoms with Gasteiger partial charge in [-0.3, -0.25) is 0 Å². The predicted molar refractivity (Wildman–Crippen MR) is 105 cm³/mol. The van der Waals surface area contributed by atoms with Crippen molar-refractivity contribution in [3.63, 3.8) is 0 Å². The second-order valence-corrected chi connectivity index (χ2v) is 13.3. The third-order valence-corrected chi connectivity index (χ3v) is 13.1. The summed E-state index contributed by atoms with van der Waals surface area (Å²) in [7, 11) is -7.74. The lowest BCUT2D eigenvalue weighted by Gasteiger charge is -2.38. The van der Waals surface area contributed by atoms with Crippen molar-refractivity contribution in [1.29, 1.82) is 0 Å². The molecule has 0 aliphatic heterocycles. The molecule has 0 spiro atoms. The molecule has 1 aromatic rings. The van der Waals surface area contributed by atoms with Crippen molar-refractivity contribution in [3.05, 3.63) is 35.9 Å². The molecule has 2 fully saturated rings. The number of sulfone groups is 2. The third-order valence-electron chi connectivity index (χ3n) is 6.37. The zero-order valence-corrected chi connectivity index (χ0v) is 17.2. The molecule has 3 rings (SSSR count). The first-order valence-corrected chi connectivity index (χ1v) is 12.9. The van der Waals surface area contributed by atoms with E-state index in [2.05, 4.69) is 0 Å². The Morgan fingerprint density at radius 2 is 1.08 bits per heavy atom. The molecule has 0 aromatic heterocycles. The molecular formula is C20H30O4S2. The van der Waals surface area contributed by atoms with Crippen LogP contribution in [0.25, 0.3) is 0 Å². The van der Waals surface area contributed by atoms with E-state index >= 15 is 0 Å². The quantitative estimate of drug-likeness (QED) is 0.739. The van der Waals surface area contributed by atoms with Gasteiger partial charge in [-0.2, -0.15) is 0 Å². The topological polar surface area (TPSA) is 68.3 Å². The molecule has 1 aromatic carbocycles. The van der Waals surface area contributed by atoms with E-state index in [0.29, 0.717) is 31.2 Å². The first-order chi connectivity index (χ1) is 12.3. The summed E-state index contributed by atoms with van der Waals surface area (Å²) in [5.41, 5.74) is 0.399. The van der Waals surface area contributed by atoms with Crippen LogP contribution in [-0.2, 0) is 23.8 Å². The molecule has 2 aliphatic rings. The smallest absolute Gasteiger partial charge is 0.195 e. The summed E-state index contributed by atoms with van der Waals surface area (Å²) in [6.45, 7) is 1.45. The van der Waals surface area contributed by atoms with Crippen molar-refractivity contribution in [1.82, 2.24) is 0 Å². The molecule has 0 saturated heterocycles. The molecule has 0 amide bonds. The van der Waals surface area contributed by atoms with Crippen LogP contribution in [0.4, 0.5) is 0 Å². The highest BCUT2D eigenvalue weighted by atomic mass is 32.3. The summed E-state index contributed by atoms with van der Waals surface area (Å²) in [6.07, 6.45) is 7.80. The Morgan fingerprint density at radius 3 is 1.46 bits per heavy atom. The minimum absolute atomic E-state index is 0.399. The van der Waals surface area contributed by atoms with E-state index in [0.717, 1.165) is 38.5 Å². The molecule has 0 unspecified atom stereocenters. The van der Waals surface area contributed by atoms with Gasteiger partial charge in [0, 0.05) is 0 Å². The van der Waals surface area contributed by atoms with Gasteiger partial charge in [0.1, 0.15) is 0 Å². The summed E-state index contributed by atoms with van der Waals surface area (Å²) in [5.74, 6) is 0. The summed E-state index contributed by atoms with van der Waals surface area (Å²) in [6, 6.07) is 8.60. The van der Waals surface area contributed by atoms with Crippen LogP contribution < -0.4 is 0 Å². The number of benzene rings is 1. The predicted octanol–water partition coefficient (Wildman–Crippen LogP) is 4.35. The molecule has 26 heavy (non-hydrogen) atoms. The minimum Gasteiger partial charge on any atom is -0.227 e. The molecule has 0 atom stereocenters. The van der Waals surface area contributed by atoms with Gasteiger partial charge in [-0.25, -0.2) is 16.8 Å². The van der Waals surface area contributed by atoms with E-state index in [-0.39, 0.29) is 0 Å². The SMILES string of the molecule is CC(c1ccccc1)(S(=O)(=O)C1CCCCC1)S(=O)(=O)C1CCCCC1. The average molecular weight is 399 g/mol. The Balaban J connectivity index is 2.14. The van der Waals surface area contributed by atoms with Crippen LogP contribution in [0.3, 0.4) is 0 Å². The minimum atomic E-state index is -3.87. The second kappa shape index (κ2) is 7.63. The maximum Gasteiger partial charge on any atom is 0.195 e. The maximum atomic E-state index is 13.7. The van der Waals surface area contributed by atoms with Gasteiger partial charge in [0.25, 0.3) is 0 Å². The molecule has 6 heteroatoms. The van der Waals surface area contributed by atoms with Crippen molar-refractivity contribution in [2.45, 2.75) is 85.7 Å². The first-order valence-electron chi connectivity index (χ1n) is 9.84. The fraction of sp³-hybridized carbons (Fsp3) is 0.700. The highest BCUT2D eigenvalue weighted by molar-refractivity contribution is 8.10. The Bertz CT molecular complexity index is 753. The highest BCUT2D eigenvalue weighted by Gasteiger charge is 2.57. The van der Waals surface area contributed by atoms with E-state index in [1.807, 2.05) is 0 Å². The number of rotatable bonds is 5. The largest absolute Gasteiger partial charge is 0.227 e. The van der Waals surface area contributed by atoms with Gasteiger partial charge in [0.15, 0.2) is 23.8 Å². The first kappa shape index (κ1) is 19.9. The fourth-order valence-electron chi connectivity index (χ4n) is 4.62. The van der Waals surface area contributed by atoms with Crippen molar-refractivity contribution in [3.8, 4) is 0 Å². The molecule has 2 saturated carbocycles. The summed E-state index contributed by atoms with van der Waals surface area (Å²) in [5, 5.41) is -1.11. The van der Waals surface area contributed by atoms with Crippen LogP contribution in [0.2, 0.25) is 0 Å². The molecule has 0 bridgehead atoms. The van der Waals surface area contributed by atoms with E-state index in [1.165, 1.54) is 6.92 Å². The van der Waals surface area contributed by atoms with Crippen LogP contribution >= 0.6 is 0 Å². The second-order valence-electron chi connectivity index (χ2n) is 7.92. The Hall–Kier alpha value is -0.880. The van der Waals surface area contributed by atoms with Crippen molar-refractivity contribution in [2.75, 3.05) is 0 Å². The van der Waals surface area contributed by atoms with E-state index in [1.54, 1.807) is 30.3 Å². The van der Waals surface area contributed by atoms with Gasteiger partial charge in [0.2, 0.25) is 0 Å². The van der Waals surface area contributed by atoms with Crippen molar-refractivity contribution in [2.24, 2.45) is 0 Å². The normalized spacial score (nSPS) is 21.6. The molecule has 2 aliphatic carbocycles. The number of hydrogen-bond donors (Lipinski definition) is 0. The van der Waals surface area contributed by atoms with Gasteiger partial charge >= 0.3 is 0 Å². The maximum absolute atomic E-state index is 13.7. The standard InChI is InChI=1S/C20H30O4S2/c1-20(17-11-5-2-6-12-17,25(21,22)18-13-7-3-8-14-18)26(23,24)19-15-9-4-10-16-19/h2,5-6,11-12,18-19H,3-4,7-10,13-16H2,1H3. The molecule has 146 valence electrons. The van der Waals surface area contributed by atoms with Crippen LogP contribution in [0.15, 0.2) is 30.3 Å². The van der Waals surface area contributed by atoms with Gasteiger partial charge in [-0.15, -0.1) is 0 Å². The Kier molecular flexibility index (Phi) is 5.83. The van der Waals surface area contributed by atoms with Gasteiger partial charge < -0.3 is 0 Å². The zero-order chi connectivity index (χ0) is 18.8. The highest BCUT2D eigenvalue weighted by Crippen LogP contribution is 2.45. The lowest BCUT2D eigenvalue weighted by Crippen LogP contribution is -2.50. The summed E-state index contributed by atoms with van der Waals surface area (Å²) < 4.78 is 53.0. The zero-order valence-electron chi connectivity index (χ0n) is 15.6. The van der Waals surface area contributed by atoms with Crippen LogP contribution in [0.1, 0.15) is 76.7 Å². The van der Waals surface area contributed by atoms with Crippen molar-refractivity contribution >= 4 is 19.7 Å². The Morgan fingerprint density at radius 1 is 0.692 bits per heavy atom. The van der Waals surface area contributed by atoms with Crippen LogP contribution in [-0.4, -0.2) is 27.3 Å². The molecule has 4 nitrogen and oxygen atoms in total. The number of hydrogen-bond acceptors (Lipinski definition) is 4. The average Bonchev–Trinajstić information content (AvgIpc) is 2.69. The van der Waals surface area contributed by atoms with Gasteiger partial charge in [-0.05, 0) is 38.2 Å². The third kappa shape index (κ3) is 3.24. The lowest BCUT2D eigenvalue weighted by molar-refractivity contribution is 0.460. The van der Waals surface area contributed by atoms with Crippen LogP contribution in [0, 0.1) is 0 Å². The van der Waals surface area contributed by atoms with Gasteiger partial charge in [0.05, 0.1) is 10.5 Å². The molecule has 0 radical (unpaired) electrons. The molecule has 0 N–H and O–H groups in total. The monoisotopic (exact) mass is 398 g/mol. The van der Waals surface area contributed by atoms with E-state index in [4.69, 9.17) is 0 Å².